The zero-order valence-electron chi connectivity index (χ0n) is 15.0. The molecule has 1 N–H and O–H groups in total. The van der Waals surface area contributed by atoms with Gasteiger partial charge in [-0.2, -0.15) is 0 Å². The van der Waals surface area contributed by atoms with E-state index in [1.54, 1.807) is 0 Å². The standard InChI is InChI=1S/C18H28N6O/c1-2-3-9-24-18(19-20-21-24)15-23-12-10-22(11-13-23)14-17(25)16-7-5-4-6-8-16/h4-8,17,25H,2-3,9-15H2,1H3. The summed E-state index contributed by atoms with van der Waals surface area (Å²) in [5.41, 5.74) is 0.986. The number of benzene rings is 1. The zero-order valence-corrected chi connectivity index (χ0v) is 15.0. The first-order valence-corrected chi connectivity index (χ1v) is 9.19. The third kappa shape index (κ3) is 5.07. The number of aliphatic hydroxyl groups excluding tert-OH is 1. The molecule has 0 amide bonds. The van der Waals surface area contributed by atoms with Crippen LogP contribution in [0.3, 0.4) is 0 Å². The molecule has 2 aromatic rings. The summed E-state index contributed by atoms with van der Waals surface area (Å²) in [6, 6.07) is 9.88. The Balaban J connectivity index is 1.45. The van der Waals surface area contributed by atoms with Gasteiger partial charge in [0.15, 0.2) is 5.82 Å². The Morgan fingerprint density at radius 1 is 1.08 bits per heavy atom. The topological polar surface area (TPSA) is 70.3 Å². The summed E-state index contributed by atoms with van der Waals surface area (Å²) >= 11 is 0. The first kappa shape index (κ1) is 18.0. The number of piperazine rings is 1. The largest absolute Gasteiger partial charge is 0.387 e. The van der Waals surface area contributed by atoms with Crippen molar-refractivity contribution in [2.24, 2.45) is 0 Å². The molecule has 7 nitrogen and oxygen atoms in total. The van der Waals surface area contributed by atoms with Gasteiger partial charge in [0.25, 0.3) is 0 Å². The molecule has 1 fully saturated rings. The lowest BCUT2D eigenvalue weighted by Gasteiger charge is -2.35. The molecule has 7 heteroatoms. The lowest BCUT2D eigenvalue weighted by molar-refractivity contribution is 0.0687. The van der Waals surface area contributed by atoms with Gasteiger partial charge in [-0.15, -0.1) is 5.10 Å². The maximum Gasteiger partial charge on any atom is 0.165 e. The molecule has 1 aromatic heterocycles. The average molecular weight is 344 g/mol. The predicted molar refractivity (Wildman–Crippen MR) is 95.8 cm³/mol. The van der Waals surface area contributed by atoms with Crippen molar-refractivity contribution in [2.45, 2.75) is 39.0 Å². The lowest BCUT2D eigenvalue weighted by atomic mass is 10.1. The van der Waals surface area contributed by atoms with Crippen molar-refractivity contribution >= 4 is 0 Å². The van der Waals surface area contributed by atoms with Crippen LogP contribution in [0.4, 0.5) is 0 Å². The fraction of sp³-hybridized carbons (Fsp3) is 0.611. The van der Waals surface area contributed by atoms with Gasteiger partial charge in [0, 0.05) is 39.3 Å². The Hall–Kier alpha value is -1.83. The number of nitrogens with zero attached hydrogens (tertiary/aromatic N) is 6. The fourth-order valence-electron chi connectivity index (χ4n) is 3.17. The third-order valence-corrected chi connectivity index (χ3v) is 4.77. The number of hydrogen-bond acceptors (Lipinski definition) is 6. The molecule has 1 aliphatic heterocycles. The minimum atomic E-state index is -0.422. The molecule has 136 valence electrons. The Morgan fingerprint density at radius 3 is 2.52 bits per heavy atom. The monoisotopic (exact) mass is 344 g/mol. The first-order valence-electron chi connectivity index (χ1n) is 9.19. The van der Waals surface area contributed by atoms with Crippen LogP contribution in [0.15, 0.2) is 30.3 Å². The van der Waals surface area contributed by atoms with Gasteiger partial charge in [0.05, 0.1) is 12.6 Å². The molecule has 25 heavy (non-hydrogen) atoms. The van der Waals surface area contributed by atoms with Crippen molar-refractivity contribution in [3.8, 4) is 0 Å². The van der Waals surface area contributed by atoms with Crippen molar-refractivity contribution in [1.82, 2.24) is 30.0 Å². The van der Waals surface area contributed by atoms with E-state index < -0.39 is 6.10 Å². The number of rotatable bonds is 8. The van der Waals surface area contributed by atoms with Gasteiger partial charge < -0.3 is 5.11 Å². The Labute approximate surface area is 149 Å². The maximum absolute atomic E-state index is 10.4. The van der Waals surface area contributed by atoms with Crippen molar-refractivity contribution in [2.75, 3.05) is 32.7 Å². The normalized spacial score (nSPS) is 17.7. The summed E-state index contributed by atoms with van der Waals surface area (Å²) in [7, 11) is 0. The summed E-state index contributed by atoms with van der Waals surface area (Å²) < 4.78 is 1.93. The van der Waals surface area contributed by atoms with Crippen LogP contribution < -0.4 is 0 Å². The maximum atomic E-state index is 10.4. The minimum absolute atomic E-state index is 0.422. The van der Waals surface area contributed by atoms with E-state index >= 15 is 0 Å². The molecule has 0 saturated carbocycles. The molecule has 0 bridgehead atoms. The van der Waals surface area contributed by atoms with E-state index in [0.29, 0.717) is 6.54 Å². The Bertz CT molecular complexity index is 624. The molecule has 1 unspecified atom stereocenters. The lowest BCUT2D eigenvalue weighted by Crippen LogP contribution is -2.47. The first-order chi connectivity index (χ1) is 12.3. The van der Waals surface area contributed by atoms with E-state index in [-0.39, 0.29) is 0 Å². The van der Waals surface area contributed by atoms with Crippen LogP contribution in [0, 0.1) is 0 Å². The summed E-state index contributed by atoms with van der Waals surface area (Å²) in [5.74, 6) is 0.950. The second-order valence-electron chi connectivity index (χ2n) is 6.68. The van der Waals surface area contributed by atoms with Crippen molar-refractivity contribution < 1.29 is 5.11 Å². The van der Waals surface area contributed by atoms with Gasteiger partial charge in [-0.3, -0.25) is 9.80 Å². The van der Waals surface area contributed by atoms with Crippen molar-refractivity contribution in [3.05, 3.63) is 41.7 Å². The van der Waals surface area contributed by atoms with E-state index in [4.69, 9.17) is 0 Å². The Kier molecular flexibility index (Phi) is 6.49. The summed E-state index contributed by atoms with van der Waals surface area (Å²) in [6.07, 6.45) is 1.82. The summed E-state index contributed by atoms with van der Waals surface area (Å²) in [4.78, 5) is 4.72. The smallest absolute Gasteiger partial charge is 0.165 e. The average Bonchev–Trinajstić information content (AvgIpc) is 3.09. The van der Waals surface area contributed by atoms with Gasteiger partial charge in [0.2, 0.25) is 0 Å². The molecule has 1 aliphatic rings. The predicted octanol–water partition coefficient (Wildman–Crippen LogP) is 1.32. The summed E-state index contributed by atoms with van der Waals surface area (Å²) in [5, 5.41) is 22.5. The van der Waals surface area contributed by atoms with Crippen molar-refractivity contribution in [3.63, 3.8) is 0 Å². The SMILES string of the molecule is CCCCn1nnnc1CN1CCN(CC(O)c2ccccc2)CC1. The van der Waals surface area contributed by atoms with Crippen LogP contribution in [0.2, 0.25) is 0 Å². The number of aryl methyl sites for hydroxylation is 1. The van der Waals surface area contributed by atoms with Crippen molar-refractivity contribution in [1.29, 1.82) is 0 Å². The highest BCUT2D eigenvalue weighted by molar-refractivity contribution is 5.17. The van der Waals surface area contributed by atoms with Crippen LogP contribution in [-0.4, -0.2) is 67.8 Å². The number of tetrazole rings is 1. The molecule has 2 heterocycles. The molecule has 1 atom stereocenters. The van der Waals surface area contributed by atoms with E-state index in [9.17, 15) is 5.11 Å². The Morgan fingerprint density at radius 2 is 1.80 bits per heavy atom. The number of hydrogen-bond donors (Lipinski definition) is 1. The fourth-order valence-corrected chi connectivity index (χ4v) is 3.17. The van der Waals surface area contributed by atoms with Crippen LogP contribution in [0.1, 0.15) is 37.3 Å². The molecule has 1 aromatic carbocycles. The number of aromatic nitrogens is 4. The number of unbranched alkanes of at least 4 members (excludes halogenated alkanes) is 1. The molecular weight excluding hydrogens is 316 g/mol. The van der Waals surface area contributed by atoms with E-state index in [1.807, 2.05) is 35.0 Å². The van der Waals surface area contributed by atoms with E-state index in [0.717, 1.165) is 63.5 Å². The van der Waals surface area contributed by atoms with E-state index in [2.05, 4.69) is 32.2 Å². The summed E-state index contributed by atoms with van der Waals surface area (Å²) in [6.45, 7) is 8.41. The van der Waals surface area contributed by atoms with Crippen LogP contribution in [0.25, 0.3) is 0 Å². The minimum Gasteiger partial charge on any atom is -0.387 e. The quantitative estimate of drug-likeness (QED) is 0.779. The van der Waals surface area contributed by atoms with Crippen LogP contribution in [-0.2, 0) is 13.1 Å². The molecular formula is C18H28N6O. The van der Waals surface area contributed by atoms with Crippen LogP contribution in [0.5, 0.6) is 0 Å². The van der Waals surface area contributed by atoms with Gasteiger partial charge >= 0.3 is 0 Å². The highest BCUT2D eigenvalue weighted by atomic mass is 16.3. The number of aliphatic hydroxyl groups is 1. The molecule has 0 radical (unpaired) electrons. The third-order valence-electron chi connectivity index (χ3n) is 4.77. The number of β-amino-alcohol motifs (C(OH)–C–C–N with tert-alkyl or cyclic N) is 1. The van der Waals surface area contributed by atoms with E-state index in [1.165, 1.54) is 0 Å². The second-order valence-corrected chi connectivity index (χ2v) is 6.68. The van der Waals surface area contributed by atoms with Gasteiger partial charge in [-0.1, -0.05) is 43.7 Å². The van der Waals surface area contributed by atoms with Crippen LogP contribution >= 0.6 is 0 Å². The highest BCUT2D eigenvalue weighted by Crippen LogP contribution is 2.15. The molecule has 3 rings (SSSR count). The molecule has 0 spiro atoms. The van der Waals surface area contributed by atoms with Gasteiger partial charge in [-0.05, 0) is 22.4 Å². The molecule has 0 aliphatic carbocycles. The second kappa shape index (κ2) is 9.03. The van der Waals surface area contributed by atoms with Gasteiger partial charge in [-0.25, -0.2) is 4.68 Å². The molecule has 1 saturated heterocycles. The highest BCUT2D eigenvalue weighted by Gasteiger charge is 2.21. The van der Waals surface area contributed by atoms with Gasteiger partial charge in [0.1, 0.15) is 0 Å². The zero-order chi connectivity index (χ0) is 17.5.